The third-order valence-corrected chi connectivity index (χ3v) is 5.67. The van der Waals surface area contributed by atoms with Gasteiger partial charge in [0.1, 0.15) is 5.76 Å². The van der Waals surface area contributed by atoms with E-state index in [1.165, 1.54) is 0 Å². The summed E-state index contributed by atoms with van der Waals surface area (Å²) in [5.41, 5.74) is 2.69. The van der Waals surface area contributed by atoms with E-state index in [9.17, 15) is 4.79 Å². The smallest absolute Gasteiger partial charge is 0.252 e. The van der Waals surface area contributed by atoms with Crippen molar-refractivity contribution in [2.24, 2.45) is 0 Å². The van der Waals surface area contributed by atoms with Crippen LogP contribution in [0.3, 0.4) is 0 Å². The molecule has 1 aliphatic heterocycles. The summed E-state index contributed by atoms with van der Waals surface area (Å²) in [4.78, 5) is 13.7. The number of ether oxygens (including phenoxy) is 1. The Kier molecular flexibility index (Phi) is 5.81. The van der Waals surface area contributed by atoms with Crippen molar-refractivity contribution in [2.45, 2.75) is 56.4 Å². The van der Waals surface area contributed by atoms with Crippen molar-refractivity contribution < 1.29 is 14.1 Å². The molecule has 2 heterocycles. The van der Waals surface area contributed by atoms with Crippen LogP contribution in [-0.2, 0) is 10.5 Å². The van der Waals surface area contributed by atoms with Crippen LogP contribution in [0.1, 0.15) is 47.1 Å². The van der Waals surface area contributed by atoms with Gasteiger partial charge in [-0.25, -0.2) is 0 Å². The van der Waals surface area contributed by atoms with Gasteiger partial charge >= 0.3 is 0 Å². The van der Waals surface area contributed by atoms with Crippen molar-refractivity contribution in [1.29, 1.82) is 0 Å². The molecule has 2 atom stereocenters. The molecule has 0 bridgehead atoms. The molecule has 25 heavy (non-hydrogen) atoms. The molecule has 1 fully saturated rings. The van der Waals surface area contributed by atoms with Gasteiger partial charge in [-0.2, -0.15) is 0 Å². The van der Waals surface area contributed by atoms with E-state index in [4.69, 9.17) is 9.26 Å². The average molecular weight is 360 g/mol. The summed E-state index contributed by atoms with van der Waals surface area (Å²) in [7, 11) is 0. The molecule has 1 aromatic carbocycles. The molecule has 1 aliphatic rings. The van der Waals surface area contributed by atoms with Gasteiger partial charge in [-0.3, -0.25) is 4.79 Å². The normalized spacial score (nSPS) is 18.3. The van der Waals surface area contributed by atoms with Crippen LogP contribution < -0.4 is 5.32 Å². The molecule has 2 unspecified atom stereocenters. The lowest BCUT2D eigenvalue weighted by atomic mass is 10.1. The highest BCUT2D eigenvalue weighted by Gasteiger charge is 2.24. The van der Waals surface area contributed by atoms with Crippen molar-refractivity contribution in [3.05, 3.63) is 46.8 Å². The zero-order valence-electron chi connectivity index (χ0n) is 14.9. The van der Waals surface area contributed by atoms with E-state index in [-0.39, 0.29) is 18.1 Å². The number of aryl methyl sites for hydroxylation is 2. The van der Waals surface area contributed by atoms with E-state index in [0.717, 1.165) is 47.1 Å². The van der Waals surface area contributed by atoms with Crippen LogP contribution in [0.5, 0.6) is 0 Å². The van der Waals surface area contributed by atoms with Gasteiger partial charge in [-0.05, 0) is 45.7 Å². The molecular formula is C19H24N2O3S. The van der Waals surface area contributed by atoms with Crippen molar-refractivity contribution in [3.8, 4) is 0 Å². The van der Waals surface area contributed by atoms with Gasteiger partial charge in [0.15, 0.2) is 0 Å². The minimum atomic E-state index is -0.0511. The van der Waals surface area contributed by atoms with E-state index in [2.05, 4.69) is 10.5 Å². The molecule has 0 spiro atoms. The Bertz CT molecular complexity index is 719. The quantitative estimate of drug-likeness (QED) is 0.792. The summed E-state index contributed by atoms with van der Waals surface area (Å²) < 4.78 is 10.9. The highest BCUT2D eigenvalue weighted by Crippen LogP contribution is 2.29. The predicted molar refractivity (Wildman–Crippen MR) is 97.9 cm³/mol. The highest BCUT2D eigenvalue weighted by molar-refractivity contribution is 7.98. The van der Waals surface area contributed by atoms with Gasteiger partial charge in [0.2, 0.25) is 0 Å². The topological polar surface area (TPSA) is 64.4 Å². The van der Waals surface area contributed by atoms with Crippen LogP contribution in [0.25, 0.3) is 0 Å². The Hall–Kier alpha value is -1.79. The van der Waals surface area contributed by atoms with Gasteiger partial charge < -0.3 is 14.6 Å². The van der Waals surface area contributed by atoms with E-state index in [1.807, 2.05) is 45.0 Å². The Labute approximate surface area is 152 Å². The van der Waals surface area contributed by atoms with E-state index in [1.54, 1.807) is 11.8 Å². The van der Waals surface area contributed by atoms with Crippen LogP contribution in [-0.4, -0.2) is 29.8 Å². The molecule has 1 aromatic heterocycles. The van der Waals surface area contributed by atoms with Crippen LogP contribution in [0.2, 0.25) is 0 Å². The van der Waals surface area contributed by atoms with Crippen molar-refractivity contribution >= 4 is 17.7 Å². The minimum Gasteiger partial charge on any atom is -0.376 e. The number of thioether (sulfide) groups is 1. The van der Waals surface area contributed by atoms with Gasteiger partial charge in [-0.1, -0.05) is 17.3 Å². The van der Waals surface area contributed by atoms with Gasteiger partial charge in [0, 0.05) is 22.8 Å². The lowest BCUT2D eigenvalue weighted by molar-refractivity contribution is 0.0710. The fourth-order valence-corrected chi connectivity index (χ4v) is 4.22. The predicted octanol–water partition coefficient (Wildman–Crippen LogP) is 3.88. The second-order valence-corrected chi connectivity index (χ2v) is 7.42. The largest absolute Gasteiger partial charge is 0.376 e. The molecule has 0 radical (unpaired) electrons. The van der Waals surface area contributed by atoms with Crippen molar-refractivity contribution in [1.82, 2.24) is 10.5 Å². The van der Waals surface area contributed by atoms with Crippen molar-refractivity contribution in [3.63, 3.8) is 0 Å². The van der Waals surface area contributed by atoms with E-state index >= 15 is 0 Å². The number of hydrogen-bond acceptors (Lipinski definition) is 5. The average Bonchev–Trinajstić information content (AvgIpc) is 3.24. The first-order valence-corrected chi connectivity index (χ1v) is 9.61. The Morgan fingerprint density at radius 3 is 2.88 bits per heavy atom. The van der Waals surface area contributed by atoms with Gasteiger partial charge in [0.25, 0.3) is 5.91 Å². The molecule has 5 nitrogen and oxygen atoms in total. The maximum atomic E-state index is 12.7. The second kappa shape index (κ2) is 8.06. The molecule has 0 saturated carbocycles. The lowest BCUT2D eigenvalue weighted by Crippen LogP contribution is -2.41. The SMILES string of the molecule is Cc1noc(C)c1CSc1ccccc1C(=O)NC(C)C1CCCO1. The molecular weight excluding hydrogens is 336 g/mol. The van der Waals surface area contributed by atoms with Gasteiger partial charge in [-0.15, -0.1) is 11.8 Å². The number of benzene rings is 1. The Morgan fingerprint density at radius 2 is 2.20 bits per heavy atom. The standard InChI is InChI=1S/C19H24N2O3S/c1-12-16(14(3)24-21-12)11-25-18-9-5-4-7-15(18)19(22)20-13(2)17-8-6-10-23-17/h4-5,7,9,13,17H,6,8,10-11H2,1-3H3,(H,20,22). The third-order valence-electron chi connectivity index (χ3n) is 4.57. The number of carbonyl (C=O) groups is 1. The summed E-state index contributed by atoms with van der Waals surface area (Å²) in [6.07, 6.45) is 2.18. The fraction of sp³-hybridized carbons (Fsp3) is 0.474. The Balaban J connectivity index is 1.68. The summed E-state index contributed by atoms with van der Waals surface area (Å²) in [5.74, 6) is 1.51. The molecule has 3 rings (SSSR count). The molecule has 1 saturated heterocycles. The maximum Gasteiger partial charge on any atom is 0.252 e. The van der Waals surface area contributed by atoms with Gasteiger partial charge in [0.05, 0.1) is 23.4 Å². The number of carbonyl (C=O) groups excluding carboxylic acids is 1. The summed E-state index contributed by atoms with van der Waals surface area (Å²) >= 11 is 1.63. The minimum absolute atomic E-state index is 0.00983. The summed E-state index contributed by atoms with van der Waals surface area (Å²) in [6, 6.07) is 7.71. The van der Waals surface area contributed by atoms with Crippen LogP contribution in [0, 0.1) is 13.8 Å². The first-order chi connectivity index (χ1) is 12.1. The van der Waals surface area contributed by atoms with Crippen molar-refractivity contribution in [2.75, 3.05) is 6.61 Å². The molecule has 1 N–H and O–H groups in total. The monoisotopic (exact) mass is 360 g/mol. The van der Waals surface area contributed by atoms with E-state index in [0.29, 0.717) is 5.56 Å². The summed E-state index contributed by atoms with van der Waals surface area (Å²) in [6.45, 7) is 6.65. The zero-order chi connectivity index (χ0) is 17.8. The fourth-order valence-electron chi connectivity index (χ4n) is 3.01. The van der Waals surface area contributed by atoms with Crippen LogP contribution >= 0.6 is 11.8 Å². The summed E-state index contributed by atoms with van der Waals surface area (Å²) in [5, 5.41) is 7.07. The first-order valence-electron chi connectivity index (χ1n) is 8.62. The van der Waals surface area contributed by atoms with Crippen LogP contribution in [0.4, 0.5) is 0 Å². The zero-order valence-corrected chi connectivity index (χ0v) is 15.7. The number of aromatic nitrogens is 1. The molecule has 6 heteroatoms. The Morgan fingerprint density at radius 1 is 1.40 bits per heavy atom. The molecule has 2 aromatic rings. The highest BCUT2D eigenvalue weighted by atomic mass is 32.2. The number of nitrogens with zero attached hydrogens (tertiary/aromatic N) is 1. The second-order valence-electron chi connectivity index (χ2n) is 6.40. The third kappa shape index (κ3) is 4.25. The number of hydrogen-bond donors (Lipinski definition) is 1. The molecule has 0 aliphatic carbocycles. The maximum absolute atomic E-state index is 12.7. The molecule has 1 amide bonds. The number of rotatable bonds is 6. The number of nitrogens with one attached hydrogen (secondary N) is 1. The van der Waals surface area contributed by atoms with E-state index < -0.39 is 0 Å². The van der Waals surface area contributed by atoms with Crippen LogP contribution in [0.15, 0.2) is 33.7 Å². The molecule has 134 valence electrons. The number of amides is 1. The lowest BCUT2D eigenvalue weighted by Gasteiger charge is -2.20. The first kappa shape index (κ1) is 18.0.